The van der Waals surface area contributed by atoms with E-state index in [2.05, 4.69) is 12.2 Å². The normalized spacial score (nSPS) is 26.0. The van der Waals surface area contributed by atoms with Crippen LogP contribution in [0.15, 0.2) is 18.2 Å². The fourth-order valence-corrected chi connectivity index (χ4v) is 2.29. The van der Waals surface area contributed by atoms with Gasteiger partial charge < -0.3 is 14.8 Å². The Morgan fingerprint density at radius 1 is 1.32 bits per heavy atom. The summed E-state index contributed by atoms with van der Waals surface area (Å²) in [5, 5.41) is 3.32. The standard InChI is InChI=1S/C14H19F2NO2/c1-3-7-17-11-8-12(14(11)18-2)19-13-9(15)5-4-6-10(13)16/h4-6,11-12,14,17H,3,7-8H2,1-2H3. The second kappa shape index (κ2) is 6.30. The summed E-state index contributed by atoms with van der Waals surface area (Å²) in [5.41, 5.74) is 0. The van der Waals surface area contributed by atoms with Crippen LogP contribution < -0.4 is 10.1 Å². The van der Waals surface area contributed by atoms with Crippen molar-refractivity contribution in [2.24, 2.45) is 0 Å². The van der Waals surface area contributed by atoms with Crippen LogP contribution in [-0.2, 0) is 4.74 Å². The number of halogens is 2. The van der Waals surface area contributed by atoms with Crippen LogP contribution in [0.25, 0.3) is 0 Å². The van der Waals surface area contributed by atoms with Crippen LogP contribution in [0.3, 0.4) is 0 Å². The van der Waals surface area contributed by atoms with E-state index in [1.54, 1.807) is 7.11 Å². The summed E-state index contributed by atoms with van der Waals surface area (Å²) >= 11 is 0. The third kappa shape index (κ3) is 3.04. The molecule has 1 aromatic rings. The van der Waals surface area contributed by atoms with Crippen molar-refractivity contribution in [2.45, 2.75) is 38.0 Å². The number of rotatable bonds is 6. The van der Waals surface area contributed by atoms with E-state index in [4.69, 9.17) is 9.47 Å². The summed E-state index contributed by atoms with van der Waals surface area (Å²) in [5.74, 6) is -1.68. The summed E-state index contributed by atoms with van der Waals surface area (Å²) in [4.78, 5) is 0. The molecule has 1 aromatic carbocycles. The number of benzene rings is 1. The second-order valence-electron chi connectivity index (χ2n) is 4.70. The molecular formula is C14H19F2NO2. The van der Waals surface area contributed by atoms with Gasteiger partial charge in [0.2, 0.25) is 0 Å². The number of para-hydroxylation sites is 1. The monoisotopic (exact) mass is 271 g/mol. The molecule has 2 rings (SSSR count). The number of ether oxygens (including phenoxy) is 2. The maximum Gasteiger partial charge on any atom is 0.191 e. The van der Waals surface area contributed by atoms with Crippen molar-refractivity contribution in [3.8, 4) is 5.75 Å². The van der Waals surface area contributed by atoms with E-state index >= 15 is 0 Å². The van der Waals surface area contributed by atoms with Gasteiger partial charge in [-0.3, -0.25) is 0 Å². The van der Waals surface area contributed by atoms with Gasteiger partial charge in [-0.25, -0.2) is 8.78 Å². The van der Waals surface area contributed by atoms with Gasteiger partial charge >= 0.3 is 0 Å². The zero-order valence-electron chi connectivity index (χ0n) is 11.2. The maximum atomic E-state index is 13.5. The minimum atomic E-state index is -0.681. The maximum absolute atomic E-state index is 13.5. The lowest BCUT2D eigenvalue weighted by Gasteiger charge is -2.43. The highest BCUT2D eigenvalue weighted by atomic mass is 19.1. The van der Waals surface area contributed by atoms with E-state index in [0.29, 0.717) is 6.42 Å². The Bertz CT molecular complexity index is 408. The molecule has 1 aliphatic carbocycles. The zero-order valence-corrected chi connectivity index (χ0v) is 11.2. The Morgan fingerprint density at radius 3 is 2.58 bits per heavy atom. The number of hydrogen-bond acceptors (Lipinski definition) is 3. The van der Waals surface area contributed by atoms with Gasteiger partial charge in [0, 0.05) is 19.6 Å². The van der Waals surface area contributed by atoms with Gasteiger partial charge in [-0.15, -0.1) is 0 Å². The first-order chi connectivity index (χ1) is 9.17. The molecule has 1 fully saturated rings. The molecule has 3 atom stereocenters. The smallest absolute Gasteiger partial charge is 0.191 e. The van der Waals surface area contributed by atoms with E-state index in [1.165, 1.54) is 18.2 Å². The Hall–Kier alpha value is -1.20. The van der Waals surface area contributed by atoms with E-state index in [0.717, 1.165) is 13.0 Å². The largest absolute Gasteiger partial charge is 0.481 e. The van der Waals surface area contributed by atoms with Gasteiger partial charge in [-0.05, 0) is 25.1 Å². The molecule has 0 aliphatic heterocycles. The van der Waals surface area contributed by atoms with Crippen LogP contribution >= 0.6 is 0 Å². The van der Waals surface area contributed by atoms with Crippen molar-refractivity contribution in [2.75, 3.05) is 13.7 Å². The van der Waals surface area contributed by atoms with E-state index in [9.17, 15) is 8.78 Å². The molecule has 0 bridgehead atoms. The molecule has 3 nitrogen and oxygen atoms in total. The molecule has 0 spiro atoms. The molecule has 3 unspecified atom stereocenters. The lowest BCUT2D eigenvalue weighted by Crippen LogP contribution is -2.61. The van der Waals surface area contributed by atoms with Crippen molar-refractivity contribution < 1.29 is 18.3 Å². The highest BCUT2D eigenvalue weighted by molar-refractivity contribution is 5.27. The average Bonchev–Trinajstić information content (AvgIpc) is 2.36. The number of nitrogens with one attached hydrogen (secondary N) is 1. The van der Waals surface area contributed by atoms with Gasteiger partial charge in [-0.2, -0.15) is 0 Å². The lowest BCUT2D eigenvalue weighted by atomic mass is 9.85. The summed E-state index contributed by atoms with van der Waals surface area (Å²) < 4.78 is 37.7. The highest BCUT2D eigenvalue weighted by Crippen LogP contribution is 2.31. The van der Waals surface area contributed by atoms with E-state index < -0.39 is 11.6 Å². The summed E-state index contributed by atoms with van der Waals surface area (Å²) in [6.45, 7) is 2.97. The first kappa shape index (κ1) is 14.2. The number of hydrogen-bond donors (Lipinski definition) is 1. The van der Waals surface area contributed by atoms with Gasteiger partial charge in [0.05, 0.1) is 0 Å². The summed E-state index contributed by atoms with van der Waals surface area (Å²) in [7, 11) is 1.58. The predicted octanol–water partition coefficient (Wildman–Crippen LogP) is 2.50. The van der Waals surface area contributed by atoms with Crippen LogP contribution in [0, 0.1) is 11.6 Å². The van der Waals surface area contributed by atoms with Crippen molar-refractivity contribution in [3.63, 3.8) is 0 Å². The van der Waals surface area contributed by atoms with Gasteiger partial charge in [0.25, 0.3) is 0 Å². The molecule has 0 radical (unpaired) electrons. The first-order valence-electron chi connectivity index (χ1n) is 6.54. The third-order valence-corrected chi connectivity index (χ3v) is 3.37. The third-order valence-electron chi connectivity index (χ3n) is 3.37. The van der Waals surface area contributed by atoms with Crippen LogP contribution in [-0.4, -0.2) is 31.9 Å². The molecule has 1 saturated carbocycles. The first-order valence-corrected chi connectivity index (χ1v) is 6.54. The second-order valence-corrected chi connectivity index (χ2v) is 4.70. The van der Waals surface area contributed by atoms with Gasteiger partial charge in [0.1, 0.15) is 12.2 Å². The van der Waals surface area contributed by atoms with Crippen molar-refractivity contribution in [1.29, 1.82) is 0 Å². The highest BCUT2D eigenvalue weighted by Gasteiger charge is 2.43. The minimum absolute atomic E-state index is 0.175. The van der Waals surface area contributed by atoms with Crippen LogP contribution in [0.5, 0.6) is 5.75 Å². The molecule has 19 heavy (non-hydrogen) atoms. The van der Waals surface area contributed by atoms with E-state index in [-0.39, 0.29) is 24.0 Å². The topological polar surface area (TPSA) is 30.5 Å². The van der Waals surface area contributed by atoms with Crippen LogP contribution in [0.1, 0.15) is 19.8 Å². The fraction of sp³-hybridized carbons (Fsp3) is 0.571. The van der Waals surface area contributed by atoms with Gasteiger partial charge in [-0.1, -0.05) is 13.0 Å². The molecule has 106 valence electrons. The quantitative estimate of drug-likeness (QED) is 0.862. The summed E-state index contributed by atoms with van der Waals surface area (Å²) in [6.07, 6.45) is 1.23. The van der Waals surface area contributed by atoms with Crippen molar-refractivity contribution >= 4 is 0 Å². The molecule has 0 amide bonds. The van der Waals surface area contributed by atoms with Gasteiger partial charge in [0.15, 0.2) is 17.4 Å². The molecule has 1 N–H and O–H groups in total. The van der Waals surface area contributed by atoms with E-state index in [1.807, 2.05) is 0 Å². The van der Waals surface area contributed by atoms with Crippen LogP contribution in [0.2, 0.25) is 0 Å². The summed E-state index contributed by atoms with van der Waals surface area (Å²) in [6, 6.07) is 3.87. The Balaban J connectivity index is 1.97. The molecule has 5 heteroatoms. The zero-order chi connectivity index (χ0) is 13.8. The predicted molar refractivity (Wildman–Crippen MR) is 68.3 cm³/mol. The molecule has 1 aliphatic rings. The Morgan fingerprint density at radius 2 is 2.00 bits per heavy atom. The molecule has 0 heterocycles. The molecule has 0 aromatic heterocycles. The molecular weight excluding hydrogens is 252 g/mol. The molecule has 0 saturated heterocycles. The Labute approximate surface area is 111 Å². The average molecular weight is 271 g/mol. The van der Waals surface area contributed by atoms with Crippen molar-refractivity contribution in [3.05, 3.63) is 29.8 Å². The number of methoxy groups -OCH3 is 1. The minimum Gasteiger partial charge on any atom is -0.481 e. The SMILES string of the molecule is CCCNC1CC(Oc2c(F)cccc2F)C1OC. The van der Waals surface area contributed by atoms with Crippen molar-refractivity contribution in [1.82, 2.24) is 5.32 Å². The Kier molecular flexibility index (Phi) is 4.71. The lowest BCUT2D eigenvalue weighted by molar-refractivity contribution is -0.0908. The fourth-order valence-electron chi connectivity index (χ4n) is 2.29. The van der Waals surface area contributed by atoms with Crippen LogP contribution in [0.4, 0.5) is 8.78 Å².